The molecule has 1 aromatic carbocycles. The number of ether oxygens (including phenoxy) is 3. The van der Waals surface area contributed by atoms with Crippen molar-refractivity contribution >= 4 is 16.8 Å². The highest BCUT2D eigenvalue weighted by molar-refractivity contribution is 6.08. The van der Waals surface area contributed by atoms with Crippen molar-refractivity contribution < 1.29 is 29.5 Å². The first-order valence-electron chi connectivity index (χ1n) is 11.1. The van der Waals surface area contributed by atoms with Crippen LogP contribution in [0.15, 0.2) is 29.4 Å². The van der Waals surface area contributed by atoms with E-state index in [0.29, 0.717) is 11.8 Å². The van der Waals surface area contributed by atoms with Gasteiger partial charge in [-0.2, -0.15) is 0 Å². The van der Waals surface area contributed by atoms with Gasteiger partial charge in [-0.1, -0.05) is 19.3 Å². The average molecular weight is 431 g/mol. The Balaban J connectivity index is 1.50. The van der Waals surface area contributed by atoms with E-state index in [0.717, 1.165) is 28.8 Å². The van der Waals surface area contributed by atoms with Crippen LogP contribution in [0.2, 0.25) is 0 Å². The van der Waals surface area contributed by atoms with Crippen LogP contribution in [0.3, 0.4) is 0 Å². The van der Waals surface area contributed by atoms with Crippen LogP contribution in [0.5, 0.6) is 5.75 Å². The number of methoxy groups -OCH3 is 1. The first-order valence-corrected chi connectivity index (χ1v) is 11.1. The number of hydrogen-bond donors (Lipinski definition) is 3. The van der Waals surface area contributed by atoms with Gasteiger partial charge in [0.25, 0.3) is 0 Å². The summed E-state index contributed by atoms with van der Waals surface area (Å²) in [6.45, 7) is 0.523. The maximum Gasteiger partial charge on any atom is 0.227 e. The molecule has 0 unspecified atom stereocenters. The highest BCUT2D eigenvalue weighted by atomic mass is 16.7. The van der Waals surface area contributed by atoms with Crippen molar-refractivity contribution in [2.24, 2.45) is 10.9 Å². The van der Waals surface area contributed by atoms with Crippen molar-refractivity contribution in [1.82, 2.24) is 4.57 Å². The summed E-state index contributed by atoms with van der Waals surface area (Å²) in [7, 11) is 1.66. The van der Waals surface area contributed by atoms with Gasteiger partial charge in [0.1, 0.15) is 30.1 Å². The molecule has 168 valence electrons. The molecule has 5 rings (SSSR count). The smallest absolute Gasteiger partial charge is 0.227 e. The lowest BCUT2D eigenvalue weighted by Crippen LogP contribution is -2.56. The van der Waals surface area contributed by atoms with Gasteiger partial charge >= 0.3 is 0 Å². The van der Waals surface area contributed by atoms with Crippen molar-refractivity contribution in [2.45, 2.75) is 69.3 Å². The molecule has 31 heavy (non-hydrogen) atoms. The van der Waals surface area contributed by atoms with E-state index in [1.807, 2.05) is 18.2 Å². The minimum atomic E-state index is -1.21. The van der Waals surface area contributed by atoms with E-state index in [2.05, 4.69) is 15.8 Å². The predicted molar refractivity (Wildman–Crippen MR) is 114 cm³/mol. The molecule has 0 radical (unpaired) electrons. The van der Waals surface area contributed by atoms with Gasteiger partial charge < -0.3 is 34.1 Å². The molecule has 1 saturated heterocycles. The van der Waals surface area contributed by atoms with E-state index in [1.54, 1.807) is 7.11 Å². The van der Waals surface area contributed by atoms with Crippen LogP contribution in [0.4, 0.5) is 0 Å². The molecule has 2 aliphatic heterocycles. The zero-order chi connectivity index (χ0) is 21.5. The molecular weight excluding hydrogens is 400 g/mol. The molecule has 2 aromatic rings. The van der Waals surface area contributed by atoms with E-state index in [9.17, 15) is 15.3 Å². The third kappa shape index (κ3) is 3.71. The van der Waals surface area contributed by atoms with E-state index >= 15 is 0 Å². The normalized spacial score (nSPS) is 31.4. The van der Waals surface area contributed by atoms with Gasteiger partial charge in [-0.25, -0.2) is 4.99 Å². The Morgan fingerprint density at radius 2 is 1.97 bits per heavy atom. The van der Waals surface area contributed by atoms with Gasteiger partial charge in [-0.3, -0.25) is 0 Å². The lowest BCUT2D eigenvalue weighted by atomic mass is 9.89. The van der Waals surface area contributed by atoms with Crippen LogP contribution in [-0.4, -0.2) is 70.1 Å². The summed E-state index contributed by atoms with van der Waals surface area (Å²) in [6.07, 6.45) is 4.30. The standard InChI is InChI=1S/C23H30N2O6/c1-29-14-7-8-15-16(11-25(17(15)9-14)10-13-5-3-2-4-6-13)22-24-19-21(28)20(27)18(12-26)30-23(19)31-22/h7-9,11,13,18-21,23,26-28H,2-6,10,12H2,1H3/t18-,19-,20-,21-,23-/m1/s1. The number of aliphatic imine (C=N–C) groups is 1. The van der Waals surface area contributed by atoms with E-state index < -0.39 is 37.3 Å². The Morgan fingerprint density at radius 3 is 2.71 bits per heavy atom. The van der Waals surface area contributed by atoms with Gasteiger partial charge in [-0.15, -0.1) is 0 Å². The number of aliphatic hydroxyl groups is 3. The lowest BCUT2D eigenvalue weighted by Gasteiger charge is -2.36. The first-order chi connectivity index (χ1) is 15.1. The molecule has 0 bridgehead atoms. The molecule has 0 amide bonds. The zero-order valence-corrected chi connectivity index (χ0v) is 17.7. The molecule has 1 aliphatic carbocycles. The Labute approximate surface area is 181 Å². The van der Waals surface area contributed by atoms with E-state index in [-0.39, 0.29) is 0 Å². The molecule has 2 fully saturated rings. The van der Waals surface area contributed by atoms with E-state index in [1.165, 1.54) is 32.1 Å². The third-order valence-electron chi connectivity index (χ3n) is 6.84. The molecule has 5 atom stereocenters. The van der Waals surface area contributed by atoms with Gasteiger partial charge in [0.05, 0.1) is 24.8 Å². The molecule has 3 heterocycles. The summed E-state index contributed by atoms with van der Waals surface area (Å²) in [5, 5.41) is 31.1. The molecule has 8 heteroatoms. The van der Waals surface area contributed by atoms with Crippen molar-refractivity contribution in [3.05, 3.63) is 30.0 Å². The molecule has 8 nitrogen and oxygen atoms in total. The van der Waals surface area contributed by atoms with Crippen LogP contribution >= 0.6 is 0 Å². The van der Waals surface area contributed by atoms with Crippen LogP contribution in [0.25, 0.3) is 10.9 Å². The summed E-state index contributed by atoms with van der Waals surface area (Å²) in [6, 6.07) is 5.21. The average Bonchev–Trinajstić information content (AvgIpc) is 3.38. The number of fused-ring (bicyclic) bond motifs is 2. The van der Waals surface area contributed by atoms with Crippen molar-refractivity contribution in [3.8, 4) is 5.75 Å². The Bertz CT molecular complexity index is 966. The Hall–Kier alpha value is -2.13. The maximum absolute atomic E-state index is 10.5. The topological polar surface area (TPSA) is 106 Å². The van der Waals surface area contributed by atoms with Gasteiger partial charge in [-0.05, 0) is 30.9 Å². The predicted octanol–water partition coefficient (Wildman–Crippen LogP) is 1.81. The van der Waals surface area contributed by atoms with Crippen LogP contribution in [0.1, 0.15) is 37.7 Å². The monoisotopic (exact) mass is 430 g/mol. The highest BCUT2D eigenvalue weighted by Crippen LogP contribution is 2.35. The first kappa shape index (κ1) is 20.8. The molecule has 1 saturated carbocycles. The summed E-state index contributed by atoms with van der Waals surface area (Å²) in [5.41, 5.74) is 1.88. The molecule has 3 N–H and O–H groups in total. The number of rotatable bonds is 5. The number of hydrogen-bond acceptors (Lipinski definition) is 7. The largest absolute Gasteiger partial charge is 0.497 e. The number of aliphatic hydroxyl groups excluding tert-OH is 3. The summed E-state index contributed by atoms with van der Waals surface area (Å²) >= 11 is 0. The molecule has 1 aromatic heterocycles. The van der Waals surface area contributed by atoms with Gasteiger partial charge in [0.2, 0.25) is 12.2 Å². The Kier molecular flexibility index (Phi) is 5.64. The lowest BCUT2D eigenvalue weighted by molar-refractivity contribution is -0.234. The fraction of sp³-hybridized carbons (Fsp3) is 0.609. The number of benzene rings is 1. The fourth-order valence-corrected chi connectivity index (χ4v) is 5.08. The fourth-order valence-electron chi connectivity index (χ4n) is 5.08. The number of aromatic nitrogens is 1. The minimum absolute atomic E-state index is 0.386. The van der Waals surface area contributed by atoms with Crippen molar-refractivity contribution in [3.63, 3.8) is 0 Å². The third-order valence-corrected chi connectivity index (χ3v) is 6.84. The van der Waals surface area contributed by atoms with Crippen molar-refractivity contribution in [2.75, 3.05) is 13.7 Å². The quantitative estimate of drug-likeness (QED) is 0.668. The second-order valence-corrected chi connectivity index (χ2v) is 8.83. The molecule has 0 spiro atoms. The van der Waals surface area contributed by atoms with Crippen molar-refractivity contribution in [1.29, 1.82) is 0 Å². The van der Waals surface area contributed by atoms with Crippen LogP contribution in [-0.2, 0) is 16.0 Å². The minimum Gasteiger partial charge on any atom is -0.497 e. The highest BCUT2D eigenvalue weighted by Gasteiger charge is 2.49. The summed E-state index contributed by atoms with van der Waals surface area (Å²) in [4.78, 5) is 4.57. The molecular formula is C23H30N2O6. The van der Waals surface area contributed by atoms with E-state index in [4.69, 9.17) is 14.2 Å². The second kappa shape index (κ2) is 8.43. The second-order valence-electron chi connectivity index (χ2n) is 8.83. The van der Waals surface area contributed by atoms with Crippen LogP contribution < -0.4 is 4.74 Å². The van der Waals surface area contributed by atoms with Gasteiger partial charge in [0.15, 0.2) is 0 Å². The van der Waals surface area contributed by atoms with Gasteiger partial charge in [0, 0.05) is 24.2 Å². The summed E-state index contributed by atoms with van der Waals surface area (Å²) < 4.78 is 19.3. The summed E-state index contributed by atoms with van der Waals surface area (Å²) in [5.74, 6) is 1.82. The Morgan fingerprint density at radius 1 is 1.16 bits per heavy atom. The molecule has 3 aliphatic rings. The maximum atomic E-state index is 10.5. The SMILES string of the molecule is COc1ccc2c(C3=N[C@H]4[C@@H](O3)O[C@H](CO)[C@@H](O)[C@@H]4O)cn(CC3CCCCC3)c2c1. The zero-order valence-electron chi connectivity index (χ0n) is 17.7. The number of nitrogens with zero attached hydrogens (tertiary/aromatic N) is 2. The van der Waals surface area contributed by atoms with Crippen LogP contribution in [0, 0.1) is 5.92 Å².